The summed E-state index contributed by atoms with van der Waals surface area (Å²) >= 11 is 0. The van der Waals surface area contributed by atoms with Crippen LogP contribution in [0.2, 0.25) is 0 Å². The van der Waals surface area contributed by atoms with E-state index in [1.807, 2.05) is 6.92 Å². The van der Waals surface area contributed by atoms with Crippen LogP contribution in [0.25, 0.3) is 0 Å². The molecular weight excluding hydrogens is 340 g/mol. The molecule has 1 aromatic carbocycles. The monoisotopic (exact) mass is 366 g/mol. The first-order valence-electron chi connectivity index (χ1n) is 9.24. The molecule has 0 atom stereocenters. The van der Waals surface area contributed by atoms with Crippen molar-refractivity contribution < 1.29 is 14.7 Å². The van der Waals surface area contributed by atoms with Crippen LogP contribution in [-0.2, 0) is 17.3 Å². The van der Waals surface area contributed by atoms with Gasteiger partial charge >= 0.3 is 5.97 Å². The second-order valence-electron chi connectivity index (χ2n) is 8.78. The van der Waals surface area contributed by atoms with Crippen LogP contribution in [0.5, 0.6) is 0 Å². The van der Waals surface area contributed by atoms with Crippen molar-refractivity contribution in [2.45, 2.75) is 64.7 Å². The van der Waals surface area contributed by atoms with E-state index in [1.165, 1.54) is 17.3 Å². The fourth-order valence-electron chi connectivity index (χ4n) is 3.80. The molecule has 1 heterocycles. The van der Waals surface area contributed by atoms with Crippen molar-refractivity contribution in [1.82, 2.24) is 9.97 Å². The third kappa shape index (κ3) is 3.64. The smallest absolute Gasteiger partial charge is 0.356 e. The number of hydrogen-bond donors (Lipinski definition) is 1. The third-order valence-electron chi connectivity index (χ3n) is 5.82. The summed E-state index contributed by atoms with van der Waals surface area (Å²) in [4.78, 5) is 31.3. The molecule has 0 saturated carbocycles. The van der Waals surface area contributed by atoms with Gasteiger partial charge in [0.25, 0.3) is 0 Å². The summed E-state index contributed by atoms with van der Waals surface area (Å²) in [6.45, 7) is 11.1. The van der Waals surface area contributed by atoms with E-state index in [1.54, 1.807) is 0 Å². The number of hydrogen-bond acceptors (Lipinski definition) is 4. The lowest BCUT2D eigenvalue weighted by Gasteiger charge is -2.42. The van der Waals surface area contributed by atoms with Crippen molar-refractivity contribution in [3.63, 3.8) is 0 Å². The van der Waals surface area contributed by atoms with Crippen molar-refractivity contribution in [3.8, 4) is 0 Å². The van der Waals surface area contributed by atoms with Gasteiger partial charge in [0.1, 0.15) is 5.69 Å². The van der Waals surface area contributed by atoms with Crippen LogP contribution >= 0.6 is 0 Å². The van der Waals surface area contributed by atoms with Crippen molar-refractivity contribution in [2.75, 3.05) is 0 Å². The number of carbonyl (C=O) groups is 2. The molecule has 142 valence electrons. The molecule has 0 aliphatic heterocycles. The fourth-order valence-corrected chi connectivity index (χ4v) is 3.80. The predicted molar refractivity (Wildman–Crippen MR) is 103 cm³/mol. The molecule has 0 unspecified atom stereocenters. The number of carboxylic acid groups (broad SMARTS) is 1. The molecule has 27 heavy (non-hydrogen) atoms. The lowest BCUT2D eigenvalue weighted by molar-refractivity contribution is 0.0689. The number of fused-ring (bicyclic) bond motifs is 1. The number of carbonyl (C=O) groups excluding carboxylic acids is 1. The van der Waals surface area contributed by atoms with E-state index in [-0.39, 0.29) is 34.4 Å². The SMILES string of the molecule is Cc1cc2c(cc1CC(=O)c1cnc(C(=O)O)cn1)C(C)(C)CCC2(C)C. The lowest BCUT2D eigenvalue weighted by atomic mass is 9.62. The van der Waals surface area contributed by atoms with Gasteiger partial charge in [0.15, 0.2) is 11.5 Å². The highest BCUT2D eigenvalue weighted by Crippen LogP contribution is 2.46. The van der Waals surface area contributed by atoms with Gasteiger partial charge in [-0.15, -0.1) is 0 Å². The number of carboxylic acids is 1. The topological polar surface area (TPSA) is 80.2 Å². The predicted octanol–water partition coefficient (Wildman–Crippen LogP) is 4.26. The van der Waals surface area contributed by atoms with Gasteiger partial charge in [-0.1, -0.05) is 39.8 Å². The molecule has 1 aliphatic rings. The number of Topliss-reactive ketones (excluding diaryl/α,β-unsaturated/α-hetero) is 1. The second kappa shape index (κ2) is 6.55. The number of nitrogens with zero attached hydrogens (tertiary/aromatic N) is 2. The summed E-state index contributed by atoms with van der Waals surface area (Å²) in [5, 5.41) is 8.90. The normalized spacial score (nSPS) is 17.2. The van der Waals surface area contributed by atoms with Gasteiger partial charge in [0.2, 0.25) is 0 Å². The molecule has 5 heteroatoms. The van der Waals surface area contributed by atoms with Crippen molar-refractivity contribution in [1.29, 1.82) is 0 Å². The Kier molecular flexibility index (Phi) is 4.66. The average molecular weight is 366 g/mol. The Morgan fingerprint density at radius 1 is 0.963 bits per heavy atom. The van der Waals surface area contributed by atoms with Gasteiger partial charge in [-0.3, -0.25) is 4.79 Å². The van der Waals surface area contributed by atoms with E-state index < -0.39 is 5.97 Å². The maximum Gasteiger partial charge on any atom is 0.356 e. The van der Waals surface area contributed by atoms with E-state index in [4.69, 9.17) is 5.11 Å². The molecule has 0 fully saturated rings. The Labute approximate surface area is 159 Å². The second-order valence-corrected chi connectivity index (χ2v) is 8.78. The molecule has 0 saturated heterocycles. The molecule has 1 aliphatic carbocycles. The number of aromatic carboxylic acids is 1. The van der Waals surface area contributed by atoms with Crippen LogP contribution < -0.4 is 0 Å². The summed E-state index contributed by atoms with van der Waals surface area (Å²) in [6.07, 6.45) is 4.87. The summed E-state index contributed by atoms with van der Waals surface area (Å²) in [7, 11) is 0. The Bertz CT molecular complexity index is 912. The molecule has 3 rings (SSSR count). The highest BCUT2D eigenvalue weighted by Gasteiger charge is 2.37. The molecule has 2 aromatic rings. The number of benzene rings is 1. The quantitative estimate of drug-likeness (QED) is 0.818. The minimum absolute atomic E-state index is 0.0826. The van der Waals surface area contributed by atoms with Crippen LogP contribution in [0.1, 0.15) is 83.8 Å². The number of aromatic nitrogens is 2. The van der Waals surface area contributed by atoms with E-state index in [0.717, 1.165) is 30.2 Å². The zero-order valence-electron chi connectivity index (χ0n) is 16.6. The van der Waals surface area contributed by atoms with Crippen LogP contribution in [-0.4, -0.2) is 26.8 Å². The summed E-state index contributed by atoms with van der Waals surface area (Å²) in [5.41, 5.74) is 5.03. The van der Waals surface area contributed by atoms with Gasteiger partial charge in [0.05, 0.1) is 12.4 Å². The van der Waals surface area contributed by atoms with Gasteiger partial charge in [-0.2, -0.15) is 0 Å². The zero-order valence-corrected chi connectivity index (χ0v) is 16.6. The average Bonchev–Trinajstić information content (AvgIpc) is 2.60. The molecular formula is C22H26N2O3. The summed E-state index contributed by atoms with van der Waals surface area (Å²) in [6, 6.07) is 4.42. The molecule has 0 radical (unpaired) electrons. The molecule has 5 nitrogen and oxygen atoms in total. The van der Waals surface area contributed by atoms with E-state index in [9.17, 15) is 9.59 Å². The lowest BCUT2D eigenvalue weighted by Crippen LogP contribution is -2.34. The molecule has 0 bridgehead atoms. The minimum Gasteiger partial charge on any atom is -0.476 e. The van der Waals surface area contributed by atoms with Crippen LogP contribution in [0.4, 0.5) is 0 Å². The standard InChI is InChI=1S/C22H26N2O3/c1-13-8-15-16(22(4,5)7-6-21(15,2)3)9-14(13)10-19(25)17-11-24-18(12-23-17)20(26)27/h8-9,11-12H,6-7,10H2,1-5H3,(H,26,27). The van der Waals surface area contributed by atoms with Crippen LogP contribution in [0.15, 0.2) is 24.5 Å². The first-order chi connectivity index (χ1) is 12.5. The number of ketones is 1. The van der Waals surface area contributed by atoms with E-state index in [0.29, 0.717) is 0 Å². The maximum absolute atomic E-state index is 12.7. The molecule has 0 amide bonds. The zero-order chi connectivity index (χ0) is 20.0. The van der Waals surface area contributed by atoms with Gasteiger partial charge in [-0.05, 0) is 52.8 Å². The molecule has 1 aromatic heterocycles. The third-order valence-corrected chi connectivity index (χ3v) is 5.82. The van der Waals surface area contributed by atoms with Gasteiger partial charge in [-0.25, -0.2) is 14.8 Å². The molecule has 1 N–H and O–H groups in total. The van der Waals surface area contributed by atoms with Gasteiger partial charge < -0.3 is 5.11 Å². The highest BCUT2D eigenvalue weighted by molar-refractivity contribution is 5.96. The minimum atomic E-state index is -1.16. The van der Waals surface area contributed by atoms with Crippen molar-refractivity contribution >= 4 is 11.8 Å². The van der Waals surface area contributed by atoms with Crippen LogP contribution in [0.3, 0.4) is 0 Å². The van der Waals surface area contributed by atoms with Crippen molar-refractivity contribution in [2.24, 2.45) is 0 Å². The van der Waals surface area contributed by atoms with E-state index in [2.05, 4.69) is 49.8 Å². The Balaban J connectivity index is 1.94. The first kappa shape index (κ1) is 19.2. The van der Waals surface area contributed by atoms with E-state index >= 15 is 0 Å². The largest absolute Gasteiger partial charge is 0.476 e. The Morgan fingerprint density at radius 3 is 2.00 bits per heavy atom. The maximum atomic E-state index is 12.7. The van der Waals surface area contributed by atoms with Gasteiger partial charge in [0, 0.05) is 6.42 Å². The highest BCUT2D eigenvalue weighted by atomic mass is 16.4. The Hall–Kier alpha value is -2.56. The first-order valence-corrected chi connectivity index (χ1v) is 9.24. The fraction of sp³-hybridized carbons (Fsp3) is 0.455. The molecule has 0 spiro atoms. The number of aryl methyl sites for hydroxylation is 1. The summed E-state index contributed by atoms with van der Waals surface area (Å²) < 4.78 is 0. The summed E-state index contributed by atoms with van der Waals surface area (Å²) in [5.74, 6) is -1.31. The van der Waals surface area contributed by atoms with Crippen molar-refractivity contribution in [3.05, 3.63) is 58.2 Å². The Morgan fingerprint density at radius 2 is 1.48 bits per heavy atom. The van der Waals surface area contributed by atoms with Crippen LogP contribution in [0, 0.1) is 6.92 Å². The number of rotatable bonds is 4.